The first-order valence-corrected chi connectivity index (χ1v) is 7.70. The van der Waals surface area contributed by atoms with E-state index in [-0.39, 0.29) is 16.1 Å². The fourth-order valence-corrected chi connectivity index (χ4v) is 2.46. The zero-order valence-corrected chi connectivity index (χ0v) is 13.3. The monoisotopic (exact) mass is 371 g/mol. The molecule has 1 aromatic carbocycles. The molecule has 6 nitrogen and oxygen atoms in total. The minimum atomic E-state index is -4.87. The molecule has 0 aliphatic rings. The van der Waals surface area contributed by atoms with E-state index in [9.17, 15) is 22.8 Å². The van der Waals surface area contributed by atoms with Crippen LogP contribution in [0.1, 0.15) is 26.5 Å². The highest BCUT2D eigenvalue weighted by Crippen LogP contribution is 2.22. The van der Waals surface area contributed by atoms with Gasteiger partial charge >= 0.3 is 6.18 Å². The first-order valence-electron chi connectivity index (χ1n) is 6.82. The lowest BCUT2D eigenvalue weighted by atomic mass is 10.1. The summed E-state index contributed by atoms with van der Waals surface area (Å²) in [6, 6.07) is 8.37. The Morgan fingerprint density at radius 3 is 2.56 bits per heavy atom. The molecule has 132 valence electrons. The van der Waals surface area contributed by atoms with Gasteiger partial charge in [-0.3, -0.25) is 20.3 Å². The highest BCUT2D eigenvalue weighted by atomic mass is 32.1. The van der Waals surface area contributed by atoms with Crippen LogP contribution in [-0.2, 0) is 0 Å². The van der Waals surface area contributed by atoms with Crippen LogP contribution in [0.4, 0.5) is 18.9 Å². The third-order valence-corrected chi connectivity index (χ3v) is 3.91. The van der Waals surface area contributed by atoms with E-state index in [1.807, 2.05) is 5.48 Å². The second-order valence-corrected chi connectivity index (χ2v) is 5.71. The largest absolute Gasteiger partial charge is 0.431 e. The molecule has 0 saturated carbocycles. The third kappa shape index (κ3) is 5.13. The molecule has 1 heterocycles. The molecule has 0 saturated heterocycles. The van der Waals surface area contributed by atoms with Crippen LogP contribution in [0.15, 0.2) is 46.9 Å². The predicted molar refractivity (Wildman–Crippen MR) is 86.1 cm³/mol. The van der Waals surface area contributed by atoms with Gasteiger partial charge in [0.05, 0.1) is 17.0 Å². The molecule has 0 spiro atoms. The minimum Gasteiger partial charge on any atom is -0.293 e. The zero-order valence-electron chi connectivity index (χ0n) is 12.5. The average Bonchev–Trinajstić information content (AvgIpc) is 3.11. The van der Waals surface area contributed by atoms with Gasteiger partial charge in [-0.2, -0.15) is 18.3 Å². The van der Waals surface area contributed by atoms with E-state index >= 15 is 0 Å². The van der Waals surface area contributed by atoms with Crippen LogP contribution < -0.4 is 10.9 Å². The minimum absolute atomic E-state index is 0.0195. The highest BCUT2D eigenvalue weighted by Gasteiger charge is 2.37. The summed E-state index contributed by atoms with van der Waals surface area (Å²) >= 11 is 1.02. The molecule has 10 heteroatoms. The first-order chi connectivity index (χ1) is 11.8. The van der Waals surface area contributed by atoms with Crippen molar-refractivity contribution < 1.29 is 28.0 Å². The van der Waals surface area contributed by atoms with Gasteiger partial charge in [0.15, 0.2) is 5.78 Å². The average molecular weight is 371 g/mol. The molecule has 0 unspecified atom stereocenters. The number of halogens is 3. The number of benzene rings is 1. The van der Waals surface area contributed by atoms with Crippen molar-refractivity contribution in [3.63, 3.8) is 0 Å². The summed E-state index contributed by atoms with van der Waals surface area (Å²) in [6.45, 7) is 0. The maximum absolute atomic E-state index is 13.0. The molecule has 25 heavy (non-hydrogen) atoms. The van der Waals surface area contributed by atoms with Gasteiger partial charge in [-0.15, -0.1) is 11.3 Å². The molecule has 1 aromatic heterocycles. The van der Waals surface area contributed by atoms with Crippen molar-refractivity contribution in [1.29, 1.82) is 0 Å². The van der Waals surface area contributed by atoms with E-state index in [1.165, 1.54) is 30.3 Å². The number of carbonyl (C=O) groups is 2. The van der Waals surface area contributed by atoms with Crippen LogP contribution in [0.3, 0.4) is 0 Å². The van der Waals surface area contributed by atoms with Gasteiger partial charge in [0.2, 0.25) is 0 Å². The number of nitrogens with zero attached hydrogens (tertiary/aromatic N) is 1. The van der Waals surface area contributed by atoms with Crippen LogP contribution >= 0.6 is 11.3 Å². The number of thiophene rings is 1. The molecule has 0 fully saturated rings. The number of carbonyl (C=O) groups excluding carboxylic acids is 2. The molecule has 0 bridgehead atoms. The Morgan fingerprint density at radius 2 is 1.96 bits per heavy atom. The van der Waals surface area contributed by atoms with Gasteiger partial charge in [-0.25, -0.2) is 5.43 Å². The lowest BCUT2D eigenvalue weighted by molar-refractivity contribution is -0.0605. The number of nitrogens with one attached hydrogen (secondary N) is 2. The molecule has 0 aliphatic heterocycles. The number of Topliss-reactive ketones (excluding diaryl/α,β-unsaturated/α-hetero) is 1. The topological polar surface area (TPSA) is 90.8 Å². The predicted octanol–water partition coefficient (Wildman–Crippen LogP) is 3.47. The summed E-state index contributed by atoms with van der Waals surface area (Å²) in [5, 5.41) is 13.4. The molecule has 3 N–H and O–H groups in total. The molecule has 2 rings (SSSR count). The molecular formula is C15H12F3N3O3S. The van der Waals surface area contributed by atoms with Gasteiger partial charge in [-0.1, -0.05) is 12.1 Å². The number of amides is 1. The Morgan fingerprint density at radius 1 is 1.20 bits per heavy atom. The lowest BCUT2D eigenvalue weighted by Gasteiger charge is -2.10. The number of alkyl halides is 3. The maximum atomic E-state index is 13.0. The molecule has 0 atom stereocenters. The van der Waals surface area contributed by atoms with Crippen LogP contribution in [0.2, 0.25) is 0 Å². The van der Waals surface area contributed by atoms with E-state index < -0.39 is 30.0 Å². The van der Waals surface area contributed by atoms with Crippen molar-refractivity contribution in [3.05, 3.63) is 52.2 Å². The Kier molecular flexibility index (Phi) is 5.88. The summed E-state index contributed by atoms with van der Waals surface area (Å²) in [5.74, 6) is -1.66. The van der Waals surface area contributed by atoms with Crippen molar-refractivity contribution in [1.82, 2.24) is 5.43 Å². The van der Waals surface area contributed by atoms with Gasteiger partial charge in [-0.05, 0) is 29.6 Å². The molecule has 0 radical (unpaired) electrons. The number of hydrazone groups is 1. The fraction of sp³-hybridized carbons (Fsp3) is 0.133. The number of hydrogen-bond acceptors (Lipinski definition) is 6. The van der Waals surface area contributed by atoms with Crippen molar-refractivity contribution in [2.45, 2.75) is 12.6 Å². The van der Waals surface area contributed by atoms with Crippen molar-refractivity contribution in [2.24, 2.45) is 5.10 Å². The Balaban J connectivity index is 2.14. The van der Waals surface area contributed by atoms with Gasteiger partial charge < -0.3 is 0 Å². The molecule has 0 aliphatic carbocycles. The van der Waals surface area contributed by atoms with Gasteiger partial charge in [0.25, 0.3) is 5.91 Å². The van der Waals surface area contributed by atoms with Crippen molar-refractivity contribution in [2.75, 3.05) is 5.48 Å². The zero-order chi connectivity index (χ0) is 18.4. The van der Waals surface area contributed by atoms with Gasteiger partial charge in [0.1, 0.15) is 5.71 Å². The third-order valence-electron chi connectivity index (χ3n) is 3.00. The molecule has 2 aromatic rings. The van der Waals surface area contributed by atoms with Crippen LogP contribution in [0, 0.1) is 0 Å². The van der Waals surface area contributed by atoms with E-state index in [2.05, 4.69) is 5.10 Å². The molecular weight excluding hydrogens is 359 g/mol. The van der Waals surface area contributed by atoms with Gasteiger partial charge in [0, 0.05) is 5.56 Å². The Bertz CT molecular complexity index is 789. The van der Waals surface area contributed by atoms with Crippen LogP contribution in [0.5, 0.6) is 0 Å². The summed E-state index contributed by atoms with van der Waals surface area (Å²) < 4.78 is 39.1. The molecule has 1 amide bonds. The summed E-state index contributed by atoms with van der Waals surface area (Å²) in [5.41, 5.74) is 2.35. The smallest absolute Gasteiger partial charge is 0.293 e. The van der Waals surface area contributed by atoms with E-state index in [1.54, 1.807) is 16.9 Å². The number of rotatable bonds is 6. The normalized spacial score (nSPS) is 11.9. The number of hydrogen-bond donors (Lipinski definition) is 3. The SMILES string of the molecule is O=C(N/N=C(/CC(=O)c1cccs1)C(F)(F)F)c1cccc(NO)c1. The first kappa shape index (κ1) is 18.6. The second kappa shape index (κ2) is 7.90. The number of anilines is 1. The standard InChI is InChI=1S/C15H12F3N3O3S/c16-15(17,18)13(8-11(22)12-5-2-6-25-12)19-20-14(23)9-3-1-4-10(7-9)21-24/h1-7,21,24H,8H2,(H,20,23)/b19-13-. The summed E-state index contributed by atoms with van der Waals surface area (Å²) in [6.07, 6.45) is -5.85. The fourth-order valence-electron chi connectivity index (χ4n) is 1.79. The van der Waals surface area contributed by atoms with Crippen molar-refractivity contribution >= 4 is 34.4 Å². The maximum Gasteiger partial charge on any atom is 0.431 e. The van der Waals surface area contributed by atoms with Crippen LogP contribution in [0.25, 0.3) is 0 Å². The van der Waals surface area contributed by atoms with E-state index in [0.717, 1.165) is 11.3 Å². The summed E-state index contributed by atoms with van der Waals surface area (Å²) in [4.78, 5) is 23.9. The summed E-state index contributed by atoms with van der Waals surface area (Å²) in [7, 11) is 0. The lowest BCUT2D eigenvalue weighted by Crippen LogP contribution is -2.30. The highest BCUT2D eigenvalue weighted by molar-refractivity contribution is 7.12. The van der Waals surface area contributed by atoms with Crippen molar-refractivity contribution in [3.8, 4) is 0 Å². The van der Waals surface area contributed by atoms with E-state index in [4.69, 9.17) is 5.21 Å². The Hall–Kier alpha value is -2.72. The number of ketones is 1. The Labute approximate surface area is 143 Å². The quantitative estimate of drug-likeness (QED) is 0.412. The van der Waals surface area contributed by atoms with E-state index in [0.29, 0.717) is 0 Å². The second-order valence-electron chi connectivity index (χ2n) is 4.77. The van der Waals surface area contributed by atoms with Crippen LogP contribution in [-0.4, -0.2) is 28.8 Å².